The fraction of sp³-hybridized carbons (Fsp3) is 0.500. The molecule has 0 aliphatic heterocycles. The molecule has 0 amide bonds. The molecule has 212 valence electrons. The molecule has 4 nitrogen and oxygen atoms in total. The molecule has 0 bridgehead atoms. The summed E-state index contributed by atoms with van der Waals surface area (Å²) < 4.78 is 16.7. The van der Waals surface area contributed by atoms with Gasteiger partial charge in [0.2, 0.25) is 6.29 Å². The zero-order chi connectivity index (χ0) is 29.1. The van der Waals surface area contributed by atoms with Crippen LogP contribution in [-0.4, -0.2) is 26.0 Å². The monoisotopic (exact) mass is 524 g/mol. The summed E-state index contributed by atoms with van der Waals surface area (Å²) in [5.41, 5.74) is 4.42. The van der Waals surface area contributed by atoms with Gasteiger partial charge in [0.05, 0.1) is 6.61 Å². The zero-order valence-electron chi connectivity index (χ0n) is 25.7. The number of benzene rings is 2. The molecule has 2 unspecified atom stereocenters. The summed E-state index contributed by atoms with van der Waals surface area (Å²) in [5.74, 6) is 2.26. The van der Waals surface area contributed by atoms with Crippen LogP contribution in [0.25, 0.3) is 5.57 Å². The maximum absolute atomic E-state index is 10.6. The van der Waals surface area contributed by atoms with Crippen molar-refractivity contribution in [2.45, 2.75) is 88.4 Å². The second kappa shape index (κ2) is 19.3. The van der Waals surface area contributed by atoms with E-state index in [-0.39, 0.29) is 5.41 Å². The van der Waals surface area contributed by atoms with E-state index in [1.165, 1.54) is 5.56 Å². The average molecular weight is 525 g/mol. The first-order valence-corrected chi connectivity index (χ1v) is 13.8. The Morgan fingerprint density at radius 2 is 1.39 bits per heavy atom. The van der Waals surface area contributed by atoms with Gasteiger partial charge in [0.25, 0.3) is 6.47 Å². The largest absolute Gasteiger partial charge is 0.491 e. The van der Waals surface area contributed by atoms with Crippen molar-refractivity contribution >= 4 is 12.0 Å². The Bertz CT molecular complexity index is 937. The topological polar surface area (TPSA) is 44.8 Å². The summed E-state index contributed by atoms with van der Waals surface area (Å²) in [5, 5.41) is 0. The zero-order valence-corrected chi connectivity index (χ0v) is 25.7. The smallest absolute Gasteiger partial charge is 0.295 e. The molecule has 4 heteroatoms. The second-order valence-corrected chi connectivity index (χ2v) is 10.4. The minimum Gasteiger partial charge on any atom is -0.491 e. The van der Waals surface area contributed by atoms with Crippen molar-refractivity contribution < 1.29 is 19.0 Å². The van der Waals surface area contributed by atoms with Crippen molar-refractivity contribution in [2.75, 3.05) is 13.2 Å². The molecule has 0 aromatic heterocycles. The van der Waals surface area contributed by atoms with E-state index in [1.54, 1.807) is 0 Å². The van der Waals surface area contributed by atoms with Crippen LogP contribution in [0.5, 0.6) is 0 Å². The number of carbonyl (C=O) groups is 1. The standard InChI is InChI=1S/C21H30O4.C11H16.C2H6/c1-7-16(2)19(17(3)18-11-9-8-10-12-18)23-13-14-24-20(25-15-22)21(4,5)6;1-9(2)10(3)11-7-5-4-6-8-11;1-2/h7-12,15,20H,13-14H2,1-6H3;4-10H,1-3H3;1-2H3/b16-7-,19-17-;;. The summed E-state index contributed by atoms with van der Waals surface area (Å²) in [7, 11) is 0. The third-order valence-electron chi connectivity index (χ3n) is 6.15. The Hall–Kier alpha value is -2.85. The van der Waals surface area contributed by atoms with Crippen LogP contribution in [0, 0.1) is 11.3 Å². The fourth-order valence-corrected chi connectivity index (χ4v) is 3.45. The van der Waals surface area contributed by atoms with E-state index >= 15 is 0 Å². The van der Waals surface area contributed by atoms with Gasteiger partial charge >= 0.3 is 0 Å². The minimum absolute atomic E-state index is 0.293. The number of hydrogen-bond donors (Lipinski definition) is 0. The first kappa shape index (κ1) is 35.2. The lowest BCUT2D eigenvalue weighted by Gasteiger charge is -2.28. The highest BCUT2D eigenvalue weighted by atomic mass is 16.7. The normalized spacial score (nSPS) is 13.6. The molecule has 0 fully saturated rings. The van der Waals surface area contributed by atoms with Gasteiger partial charge in [0.1, 0.15) is 12.4 Å². The van der Waals surface area contributed by atoms with Crippen molar-refractivity contribution in [3.8, 4) is 0 Å². The van der Waals surface area contributed by atoms with Gasteiger partial charge in [-0.05, 0) is 54.9 Å². The molecule has 2 atom stereocenters. The third-order valence-corrected chi connectivity index (χ3v) is 6.15. The Labute approximate surface area is 233 Å². The first-order valence-electron chi connectivity index (χ1n) is 13.8. The van der Waals surface area contributed by atoms with Crippen LogP contribution in [0.1, 0.15) is 93.2 Å². The molecular weight excluding hydrogens is 472 g/mol. The molecule has 0 spiro atoms. The van der Waals surface area contributed by atoms with Gasteiger partial charge in [-0.2, -0.15) is 0 Å². The Morgan fingerprint density at radius 3 is 1.84 bits per heavy atom. The number of carbonyl (C=O) groups excluding carboxylic acids is 1. The quantitative estimate of drug-likeness (QED) is 0.0965. The van der Waals surface area contributed by atoms with Crippen molar-refractivity contribution in [2.24, 2.45) is 11.3 Å². The molecule has 0 aliphatic rings. The van der Waals surface area contributed by atoms with E-state index in [0.29, 0.717) is 25.6 Å². The Balaban J connectivity index is 0.000000873. The number of allylic oxidation sites excluding steroid dienone is 3. The summed E-state index contributed by atoms with van der Waals surface area (Å²) in [6, 6.07) is 20.8. The van der Waals surface area contributed by atoms with Crippen molar-refractivity contribution in [3.05, 3.63) is 89.2 Å². The summed E-state index contributed by atoms with van der Waals surface area (Å²) in [6.45, 7) is 23.9. The van der Waals surface area contributed by atoms with Gasteiger partial charge in [-0.3, -0.25) is 4.79 Å². The SMILES string of the molecule is C/C=C(C)\C(OCCOC(OC=O)C(C)(C)C)=C(/C)c1ccccc1.CC.CC(C)C(C)c1ccccc1. The summed E-state index contributed by atoms with van der Waals surface area (Å²) in [6.07, 6.45) is 1.43. The maximum atomic E-state index is 10.6. The molecule has 0 radical (unpaired) electrons. The summed E-state index contributed by atoms with van der Waals surface area (Å²) in [4.78, 5) is 10.6. The highest BCUT2D eigenvalue weighted by Crippen LogP contribution is 2.26. The molecule has 2 aromatic rings. The van der Waals surface area contributed by atoms with Crippen LogP contribution >= 0.6 is 0 Å². The van der Waals surface area contributed by atoms with E-state index in [0.717, 1.165) is 28.4 Å². The van der Waals surface area contributed by atoms with Crippen molar-refractivity contribution in [1.29, 1.82) is 0 Å². The summed E-state index contributed by atoms with van der Waals surface area (Å²) >= 11 is 0. The van der Waals surface area contributed by atoms with Crippen LogP contribution in [-0.2, 0) is 19.0 Å². The number of rotatable bonds is 11. The number of hydrogen-bond acceptors (Lipinski definition) is 4. The van der Waals surface area contributed by atoms with E-state index < -0.39 is 6.29 Å². The lowest BCUT2D eigenvalue weighted by Crippen LogP contribution is -2.32. The molecule has 0 aliphatic carbocycles. The van der Waals surface area contributed by atoms with Crippen molar-refractivity contribution in [1.82, 2.24) is 0 Å². The van der Waals surface area contributed by atoms with Gasteiger partial charge in [0.15, 0.2) is 0 Å². The molecule has 2 rings (SSSR count). The van der Waals surface area contributed by atoms with Gasteiger partial charge in [-0.25, -0.2) is 0 Å². The fourth-order valence-electron chi connectivity index (χ4n) is 3.45. The van der Waals surface area contributed by atoms with Crippen LogP contribution < -0.4 is 0 Å². The molecule has 0 N–H and O–H groups in total. The van der Waals surface area contributed by atoms with Crippen molar-refractivity contribution in [3.63, 3.8) is 0 Å². The van der Waals surface area contributed by atoms with E-state index in [2.05, 4.69) is 63.2 Å². The van der Waals surface area contributed by atoms with Crippen LogP contribution in [0.3, 0.4) is 0 Å². The molecule has 38 heavy (non-hydrogen) atoms. The van der Waals surface area contributed by atoms with Crippen LogP contribution in [0.2, 0.25) is 0 Å². The predicted octanol–water partition coefficient (Wildman–Crippen LogP) is 9.43. The molecule has 0 saturated carbocycles. The lowest BCUT2D eigenvalue weighted by atomic mass is 9.91. The van der Waals surface area contributed by atoms with Gasteiger partial charge in [0, 0.05) is 5.41 Å². The minimum atomic E-state index is -0.598. The van der Waals surface area contributed by atoms with Gasteiger partial charge < -0.3 is 14.2 Å². The highest BCUT2D eigenvalue weighted by Gasteiger charge is 2.27. The Morgan fingerprint density at radius 1 is 0.868 bits per heavy atom. The molecular formula is C34H52O4. The van der Waals surface area contributed by atoms with E-state index in [4.69, 9.17) is 14.2 Å². The first-order chi connectivity index (χ1) is 18.0. The third kappa shape index (κ3) is 13.1. The average Bonchev–Trinajstić information content (AvgIpc) is 2.93. The van der Waals surface area contributed by atoms with Crippen LogP contribution in [0.15, 0.2) is 78.1 Å². The Kier molecular flexibility index (Phi) is 17.8. The molecule has 0 heterocycles. The predicted molar refractivity (Wildman–Crippen MR) is 162 cm³/mol. The van der Waals surface area contributed by atoms with Gasteiger partial charge in [-0.1, -0.05) is 122 Å². The maximum Gasteiger partial charge on any atom is 0.295 e. The molecule has 0 saturated heterocycles. The second-order valence-electron chi connectivity index (χ2n) is 10.4. The van der Waals surface area contributed by atoms with E-state index in [1.807, 2.05) is 79.7 Å². The van der Waals surface area contributed by atoms with Crippen LogP contribution in [0.4, 0.5) is 0 Å². The van der Waals surface area contributed by atoms with Gasteiger partial charge in [-0.15, -0.1) is 0 Å². The lowest BCUT2D eigenvalue weighted by molar-refractivity contribution is -0.193. The van der Waals surface area contributed by atoms with E-state index in [9.17, 15) is 4.79 Å². The molecule has 2 aromatic carbocycles. The number of ether oxygens (including phenoxy) is 3. The highest BCUT2D eigenvalue weighted by molar-refractivity contribution is 5.68.